The average molecular weight is 378 g/mol. The second-order valence-electron chi connectivity index (χ2n) is 10.5. The van der Waals surface area contributed by atoms with Crippen LogP contribution in [0.5, 0.6) is 0 Å². The van der Waals surface area contributed by atoms with E-state index >= 15 is 0 Å². The van der Waals surface area contributed by atoms with E-state index in [9.17, 15) is 10.2 Å². The highest BCUT2D eigenvalue weighted by Crippen LogP contribution is 2.68. The molecule has 0 amide bonds. The topological polar surface area (TPSA) is 58.9 Å². The Morgan fingerprint density at radius 3 is 2.59 bits per heavy atom. The Bertz CT molecular complexity index is 684. The van der Waals surface area contributed by atoms with Gasteiger partial charge in [-0.1, -0.05) is 25.5 Å². The molecule has 4 aliphatic carbocycles. The molecule has 3 unspecified atom stereocenters. The third kappa shape index (κ3) is 2.49. The Hall–Kier alpha value is -0.420. The van der Waals surface area contributed by atoms with Crippen LogP contribution in [0.1, 0.15) is 67.1 Å². The monoisotopic (exact) mass is 377 g/mol. The van der Waals surface area contributed by atoms with Gasteiger partial charge in [0.1, 0.15) is 0 Å². The van der Waals surface area contributed by atoms with E-state index in [2.05, 4.69) is 26.8 Å². The molecule has 0 aromatic rings. The quantitative estimate of drug-likeness (QED) is 0.685. The molecule has 2 N–H and O–H groups in total. The van der Waals surface area contributed by atoms with Gasteiger partial charge in [0, 0.05) is 5.92 Å². The molecular weight excluding hydrogens is 340 g/mol. The Morgan fingerprint density at radius 2 is 1.85 bits per heavy atom. The maximum atomic E-state index is 11.5. The van der Waals surface area contributed by atoms with Crippen molar-refractivity contribution in [3.63, 3.8) is 0 Å². The van der Waals surface area contributed by atoms with E-state index in [-0.39, 0.29) is 22.9 Å². The number of hydrogen-bond donors (Lipinski definition) is 2. The summed E-state index contributed by atoms with van der Waals surface area (Å²) in [6.45, 7) is 8.10. The van der Waals surface area contributed by atoms with Gasteiger partial charge in [-0.2, -0.15) is 0 Å². The Balaban J connectivity index is 1.49. The summed E-state index contributed by atoms with van der Waals surface area (Å²) in [6, 6.07) is 0. The summed E-state index contributed by atoms with van der Waals surface area (Å²) in [4.78, 5) is 0. The van der Waals surface area contributed by atoms with E-state index in [0.29, 0.717) is 43.8 Å². The van der Waals surface area contributed by atoms with Gasteiger partial charge in [-0.05, 0) is 80.5 Å². The molecule has 3 saturated carbocycles. The Labute approximate surface area is 164 Å². The maximum Gasteiger partial charge on any atom is 0.169 e. The van der Waals surface area contributed by atoms with E-state index < -0.39 is 11.9 Å². The lowest BCUT2D eigenvalue weighted by atomic mass is 9.46. The molecule has 1 heterocycles. The predicted octanol–water partition coefficient (Wildman–Crippen LogP) is 3.66. The fraction of sp³-hybridized carbons (Fsp3) is 0.913. The maximum absolute atomic E-state index is 11.5. The summed E-state index contributed by atoms with van der Waals surface area (Å²) in [5.74, 6) is 1.09. The van der Waals surface area contributed by atoms with E-state index in [1.54, 1.807) is 0 Å². The molecule has 5 rings (SSSR count). The van der Waals surface area contributed by atoms with Crippen molar-refractivity contribution in [2.75, 3.05) is 13.2 Å². The van der Waals surface area contributed by atoms with Crippen LogP contribution in [-0.2, 0) is 9.47 Å². The van der Waals surface area contributed by atoms with Crippen molar-refractivity contribution >= 4 is 0 Å². The van der Waals surface area contributed by atoms with Crippen molar-refractivity contribution in [1.82, 2.24) is 0 Å². The molecule has 27 heavy (non-hydrogen) atoms. The number of aliphatic hydroxyl groups is 2. The SMILES string of the molecule is [2H][C@]1(O)CC[C@@]2(C)C(=CCC3C2[C@@H](O)C[C@@]2(C)C3CC[C@@H]2C2(C)OCCO2)C1. The van der Waals surface area contributed by atoms with Gasteiger partial charge in [-0.15, -0.1) is 0 Å². The van der Waals surface area contributed by atoms with Crippen molar-refractivity contribution in [3.8, 4) is 0 Å². The molecule has 1 aliphatic heterocycles. The minimum atomic E-state index is -1.34. The van der Waals surface area contributed by atoms with Crippen LogP contribution in [0.15, 0.2) is 11.6 Å². The molecule has 1 saturated heterocycles. The Morgan fingerprint density at radius 1 is 1.11 bits per heavy atom. The second-order valence-corrected chi connectivity index (χ2v) is 10.5. The van der Waals surface area contributed by atoms with Gasteiger partial charge in [0.15, 0.2) is 5.79 Å². The third-order valence-electron chi connectivity index (χ3n) is 9.38. The number of hydrogen-bond acceptors (Lipinski definition) is 4. The number of fused-ring (bicyclic) bond motifs is 5. The van der Waals surface area contributed by atoms with Crippen LogP contribution in [-0.4, -0.2) is 41.4 Å². The molecule has 4 fully saturated rings. The van der Waals surface area contributed by atoms with E-state index in [0.717, 1.165) is 25.7 Å². The first-order valence-corrected chi connectivity index (χ1v) is 11.0. The van der Waals surface area contributed by atoms with E-state index in [4.69, 9.17) is 10.8 Å². The number of allylic oxidation sites excluding steroid dienone is 1. The van der Waals surface area contributed by atoms with Crippen molar-refractivity contribution in [2.24, 2.45) is 34.5 Å². The van der Waals surface area contributed by atoms with Crippen LogP contribution in [0.3, 0.4) is 0 Å². The molecular formula is C23H36O4. The molecule has 152 valence electrons. The van der Waals surface area contributed by atoms with Gasteiger partial charge < -0.3 is 19.7 Å². The summed E-state index contributed by atoms with van der Waals surface area (Å²) >= 11 is 0. The normalized spacial score (nSPS) is 57.3. The first kappa shape index (κ1) is 17.4. The van der Waals surface area contributed by atoms with Crippen molar-refractivity contribution in [3.05, 3.63) is 11.6 Å². The zero-order valence-corrected chi connectivity index (χ0v) is 17.0. The minimum Gasteiger partial charge on any atom is -0.393 e. The zero-order valence-electron chi connectivity index (χ0n) is 18.0. The molecule has 4 nitrogen and oxygen atoms in total. The molecule has 0 aromatic carbocycles. The molecule has 0 spiro atoms. The Kier molecular flexibility index (Phi) is 3.90. The summed E-state index contributed by atoms with van der Waals surface area (Å²) in [5, 5.41) is 21.8. The fourth-order valence-electron chi connectivity index (χ4n) is 8.21. The van der Waals surface area contributed by atoms with Crippen LogP contribution in [0.2, 0.25) is 0 Å². The van der Waals surface area contributed by atoms with Crippen LogP contribution in [0.4, 0.5) is 0 Å². The molecule has 5 aliphatic rings. The lowest BCUT2D eigenvalue weighted by Gasteiger charge is -2.60. The van der Waals surface area contributed by atoms with Crippen LogP contribution < -0.4 is 0 Å². The van der Waals surface area contributed by atoms with Crippen molar-refractivity contribution in [1.29, 1.82) is 0 Å². The number of aliphatic hydroxyl groups excluding tert-OH is 1. The average Bonchev–Trinajstić information content (AvgIpc) is 3.19. The first-order valence-electron chi connectivity index (χ1n) is 11.5. The largest absolute Gasteiger partial charge is 0.393 e. The predicted molar refractivity (Wildman–Crippen MR) is 103 cm³/mol. The zero-order chi connectivity index (χ0) is 19.9. The summed E-state index contributed by atoms with van der Waals surface area (Å²) < 4.78 is 20.3. The van der Waals surface area contributed by atoms with Gasteiger partial charge in [0.05, 0.1) is 26.8 Å². The van der Waals surface area contributed by atoms with Crippen LogP contribution in [0, 0.1) is 34.5 Å². The molecule has 0 aromatic heterocycles. The van der Waals surface area contributed by atoms with E-state index in [1.807, 2.05) is 0 Å². The second kappa shape index (κ2) is 6.04. The smallest absolute Gasteiger partial charge is 0.169 e. The van der Waals surface area contributed by atoms with Crippen LogP contribution >= 0.6 is 0 Å². The van der Waals surface area contributed by atoms with Crippen LogP contribution in [0.25, 0.3) is 0 Å². The number of ether oxygens (including phenoxy) is 2. The highest BCUT2D eigenvalue weighted by molar-refractivity contribution is 5.26. The minimum absolute atomic E-state index is 0.0339. The highest BCUT2D eigenvalue weighted by Gasteiger charge is 2.65. The van der Waals surface area contributed by atoms with Gasteiger partial charge >= 0.3 is 0 Å². The van der Waals surface area contributed by atoms with Crippen molar-refractivity contribution in [2.45, 2.75) is 83.7 Å². The summed E-state index contributed by atoms with van der Waals surface area (Å²) in [7, 11) is 0. The lowest BCUT2D eigenvalue weighted by Crippen LogP contribution is -2.58. The van der Waals surface area contributed by atoms with E-state index in [1.165, 1.54) is 12.0 Å². The third-order valence-corrected chi connectivity index (χ3v) is 9.38. The highest BCUT2D eigenvalue weighted by atomic mass is 16.7. The molecule has 8 atom stereocenters. The molecule has 0 bridgehead atoms. The first-order chi connectivity index (χ1) is 13.1. The molecule has 4 heteroatoms. The van der Waals surface area contributed by atoms with Gasteiger partial charge in [0.25, 0.3) is 0 Å². The summed E-state index contributed by atoms with van der Waals surface area (Å²) in [6.07, 6.45) is 6.42. The van der Waals surface area contributed by atoms with Gasteiger partial charge in [-0.25, -0.2) is 0 Å². The summed E-state index contributed by atoms with van der Waals surface area (Å²) in [5.41, 5.74) is 1.16. The van der Waals surface area contributed by atoms with Gasteiger partial charge in [-0.3, -0.25) is 0 Å². The van der Waals surface area contributed by atoms with Crippen molar-refractivity contribution < 1.29 is 21.1 Å². The van der Waals surface area contributed by atoms with Gasteiger partial charge in [0.2, 0.25) is 0 Å². The standard InChI is InChI=1S/C23H36O4/c1-21-9-8-15(24)12-14(21)4-5-16-17-6-7-19(23(3)26-10-11-27-23)22(17,2)13-18(25)20(16)21/h4,15-20,24-25H,5-13H2,1-3H3/t15-,16?,17?,18-,19-,20?,21-,22-/m0/s1/i15D. The molecule has 0 radical (unpaired) electrons. The fourth-order valence-corrected chi connectivity index (χ4v) is 8.21. The lowest BCUT2D eigenvalue weighted by molar-refractivity contribution is -0.223. The number of rotatable bonds is 1.